The number of fused-ring (bicyclic) bond motifs is 1. The van der Waals surface area contributed by atoms with Crippen LogP contribution in [0, 0.1) is 11.8 Å². The molecular formula is C12H19ClN2O3. The molecule has 2 saturated heterocycles. The molecule has 2 N–H and O–H groups in total. The molecule has 18 heavy (non-hydrogen) atoms. The van der Waals surface area contributed by atoms with Crippen molar-refractivity contribution >= 4 is 23.4 Å². The molecule has 2 fully saturated rings. The second-order valence-electron chi connectivity index (χ2n) is 5.45. The zero-order valence-corrected chi connectivity index (χ0v) is 11.6. The summed E-state index contributed by atoms with van der Waals surface area (Å²) in [5, 5.41) is 13.1. The van der Waals surface area contributed by atoms with Gasteiger partial charge in [0.1, 0.15) is 0 Å². The number of aliphatic hydroxyl groups excluding tert-OH is 1. The van der Waals surface area contributed by atoms with E-state index in [4.69, 9.17) is 11.6 Å². The summed E-state index contributed by atoms with van der Waals surface area (Å²) in [5.41, 5.74) is -1.10. The number of β-lactam (4-membered cyclic amide) rings is 1. The van der Waals surface area contributed by atoms with Gasteiger partial charge in [-0.15, -0.1) is 11.6 Å². The summed E-state index contributed by atoms with van der Waals surface area (Å²) in [6.07, 6.45) is -0.340. The van der Waals surface area contributed by atoms with Gasteiger partial charge in [0.2, 0.25) is 5.91 Å². The highest BCUT2D eigenvalue weighted by atomic mass is 35.5. The number of alkyl halides is 1. The summed E-state index contributed by atoms with van der Waals surface area (Å²) in [5.74, 6) is -0.424. The van der Waals surface area contributed by atoms with Gasteiger partial charge < -0.3 is 15.3 Å². The molecule has 0 aliphatic carbocycles. The lowest BCUT2D eigenvalue weighted by Gasteiger charge is -2.51. The molecule has 0 aromatic rings. The molecule has 5 nitrogen and oxygen atoms in total. The zero-order chi connectivity index (χ0) is 13.7. The predicted octanol–water partition coefficient (Wildman–Crippen LogP) is -0.0424. The van der Waals surface area contributed by atoms with Crippen LogP contribution in [-0.4, -0.2) is 52.4 Å². The Morgan fingerprint density at radius 2 is 2.11 bits per heavy atom. The number of carbonyl (C=O) groups is 2. The van der Waals surface area contributed by atoms with Crippen molar-refractivity contribution in [3.05, 3.63) is 0 Å². The Kier molecular flexibility index (Phi) is 3.32. The van der Waals surface area contributed by atoms with Gasteiger partial charge in [-0.25, -0.2) is 0 Å². The molecule has 0 bridgehead atoms. The van der Waals surface area contributed by atoms with Gasteiger partial charge in [-0.3, -0.25) is 9.59 Å². The van der Waals surface area contributed by atoms with Crippen molar-refractivity contribution in [3.63, 3.8) is 0 Å². The van der Waals surface area contributed by atoms with Crippen LogP contribution in [0.3, 0.4) is 0 Å². The predicted molar refractivity (Wildman–Crippen MR) is 67.1 cm³/mol. The molecule has 2 amide bonds. The Morgan fingerprint density at radius 1 is 1.50 bits per heavy atom. The second-order valence-corrected chi connectivity index (χ2v) is 5.82. The maximum absolute atomic E-state index is 12.2. The van der Waals surface area contributed by atoms with E-state index in [9.17, 15) is 14.7 Å². The van der Waals surface area contributed by atoms with E-state index in [0.29, 0.717) is 12.3 Å². The largest absolute Gasteiger partial charge is 0.390 e. The summed E-state index contributed by atoms with van der Waals surface area (Å²) in [4.78, 5) is 25.6. The molecule has 0 radical (unpaired) electrons. The van der Waals surface area contributed by atoms with Gasteiger partial charge in [0, 0.05) is 12.9 Å². The van der Waals surface area contributed by atoms with Crippen LogP contribution in [0.25, 0.3) is 0 Å². The average Bonchev–Trinajstić information content (AvgIpc) is 2.47. The van der Waals surface area contributed by atoms with E-state index in [2.05, 4.69) is 5.32 Å². The number of hydrogen-bond acceptors (Lipinski definition) is 3. The molecule has 102 valence electrons. The molecule has 0 aromatic carbocycles. The Hall–Kier alpha value is -0.810. The smallest absolute Gasteiger partial charge is 0.251 e. The van der Waals surface area contributed by atoms with E-state index in [1.807, 2.05) is 13.8 Å². The van der Waals surface area contributed by atoms with Crippen molar-refractivity contribution in [2.24, 2.45) is 11.8 Å². The van der Waals surface area contributed by atoms with E-state index >= 15 is 0 Å². The number of hydrogen-bond donors (Lipinski definition) is 2. The first kappa shape index (κ1) is 13.6. The highest BCUT2D eigenvalue weighted by Gasteiger charge is 2.71. The molecule has 1 unspecified atom stereocenters. The van der Waals surface area contributed by atoms with Crippen molar-refractivity contribution in [1.82, 2.24) is 10.2 Å². The maximum atomic E-state index is 12.2. The van der Waals surface area contributed by atoms with Gasteiger partial charge in [-0.2, -0.15) is 0 Å². The summed E-state index contributed by atoms with van der Waals surface area (Å²) in [7, 11) is 1.59. The lowest BCUT2D eigenvalue weighted by Crippen LogP contribution is -2.80. The van der Waals surface area contributed by atoms with Crippen LogP contribution in [0.2, 0.25) is 0 Å². The quantitative estimate of drug-likeness (QED) is 0.558. The maximum Gasteiger partial charge on any atom is 0.251 e. The number of likely N-dealkylation sites (N-methyl/N-ethyl adjacent to an activating group) is 1. The van der Waals surface area contributed by atoms with E-state index in [-0.39, 0.29) is 29.7 Å². The van der Waals surface area contributed by atoms with Crippen molar-refractivity contribution in [3.8, 4) is 0 Å². The minimum atomic E-state index is -1.10. The van der Waals surface area contributed by atoms with Crippen LogP contribution in [-0.2, 0) is 9.59 Å². The third kappa shape index (κ3) is 1.43. The fourth-order valence-electron chi connectivity index (χ4n) is 3.20. The van der Waals surface area contributed by atoms with Crippen LogP contribution >= 0.6 is 11.6 Å². The summed E-state index contributed by atoms with van der Waals surface area (Å²) in [6, 6.07) is -0.321. The lowest BCUT2D eigenvalue weighted by atomic mass is 9.70. The second kappa shape index (κ2) is 4.38. The van der Waals surface area contributed by atoms with E-state index in [1.54, 1.807) is 7.05 Å². The topological polar surface area (TPSA) is 69.6 Å². The first-order valence-electron chi connectivity index (χ1n) is 6.21. The lowest BCUT2D eigenvalue weighted by molar-refractivity contribution is -0.162. The molecule has 0 spiro atoms. The third-order valence-electron chi connectivity index (χ3n) is 4.23. The minimum Gasteiger partial charge on any atom is -0.390 e. The molecule has 2 rings (SSSR count). The molecule has 2 aliphatic rings. The van der Waals surface area contributed by atoms with Crippen LogP contribution in [0.4, 0.5) is 0 Å². The monoisotopic (exact) mass is 274 g/mol. The zero-order valence-electron chi connectivity index (χ0n) is 10.8. The van der Waals surface area contributed by atoms with Gasteiger partial charge in [0.05, 0.1) is 18.1 Å². The summed E-state index contributed by atoms with van der Waals surface area (Å²) < 4.78 is 0. The first-order chi connectivity index (χ1) is 8.38. The van der Waals surface area contributed by atoms with Crippen LogP contribution in [0.5, 0.6) is 0 Å². The Morgan fingerprint density at radius 3 is 2.56 bits per heavy atom. The molecule has 0 aromatic heterocycles. The third-order valence-corrected chi connectivity index (χ3v) is 4.45. The first-order valence-corrected chi connectivity index (χ1v) is 6.75. The molecule has 4 atom stereocenters. The molecular weight excluding hydrogens is 256 g/mol. The van der Waals surface area contributed by atoms with Gasteiger partial charge in [0.25, 0.3) is 5.91 Å². The summed E-state index contributed by atoms with van der Waals surface area (Å²) >= 11 is 5.71. The number of aliphatic hydroxyl groups is 1. The van der Waals surface area contributed by atoms with Gasteiger partial charge in [-0.1, -0.05) is 13.8 Å². The number of nitrogens with one attached hydrogen (secondary N) is 1. The van der Waals surface area contributed by atoms with Gasteiger partial charge in [0.15, 0.2) is 5.54 Å². The number of halogens is 1. The number of nitrogens with zero attached hydrogens (tertiary/aromatic N) is 1. The summed E-state index contributed by atoms with van der Waals surface area (Å²) in [6.45, 7) is 3.69. The van der Waals surface area contributed by atoms with E-state index in [1.165, 1.54) is 4.90 Å². The van der Waals surface area contributed by atoms with E-state index in [0.717, 1.165) is 0 Å². The normalized spacial score (nSPS) is 36.4. The SMILES string of the molecule is CC(C)[C@H](O)[C@]12C(=O)N[C@H]1C(CCCl)C(=O)N2C. The highest BCUT2D eigenvalue weighted by Crippen LogP contribution is 2.45. The van der Waals surface area contributed by atoms with Crippen LogP contribution in [0.15, 0.2) is 0 Å². The Balaban J connectivity index is 2.38. The van der Waals surface area contributed by atoms with Crippen molar-refractivity contribution in [1.29, 1.82) is 0 Å². The van der Waals surface area contributed by atoms with Crippen molar-refractivity contribution in [2.45, 2.75) is 38.0 Å². The highest BCUT2D eigenvalue weighted by molar-refractivity contribution is 6.18. The standard InChI is InChI=1S/C12H19ClN2O3/c1-6(2)9(16)12-8(14-11(12)18)7(4-5-13)10(17)15(12)3/h6-9,16H,4-5H2,1-3H3,(H,14,18)/t7?,8-,9-,12-/m0/s1. The fraction of sp³-hybridized carbons (Fsp3) is 0.833. The number of carbonyl (C=O) groups excluding carboxylic acids is 2. The molecule has 6 heteroatoms. The Labute approximate surface area is 111 Å². The fourth-order valence-corrected chi connectivity index (χ4v) is 3.44. The van der Waals surface area contributed by atoms with Gasteiger partial charge in [-0.05, 0) is 12.3 Å². The molecule has 0 saturated carbocycles. The van der Waals surface area contributed by atoms with Crippen molar-refractivity contribution < 1.29 is 14.7 Å². The average molecular weight is 275 g/mol. The minimum absolute atomic E-state index is 0.0939. The molecule has 2 heterocycles. The van der Waals surface area contributed by atoms with Gasteiger partial charge >= 0.3 is 0 Å². The van der Waals surface area contributed by atoms with Crippen LogP contribution in [0.1, 0.15) is 20.3 Å². The number of likely N-dealkylation sites (tertiary alicyclic amines) is 1. The van der Waals surface area contributed by atoms with E-state index < -0.39 is 11.6 Å². The van der Waals surface area contributed by atoms with Crippen LogP contribution < -0.4 is 5.32 Å². The van der Waals surface area contributed by atoms with Crippen molar-refractivity contribution in [2.75, 3.05) is 12.9 Å². The number of amides is 2. The Bertz CT molecular complexity index is 388. The number of rotatable bonds is 4. The molecule has 2 aliphatic heterocycles.